The van der Waals surface area contributed by atoms with Gasteiger partial charge in [0.05, 0.1) is 41.2 Å². The van der Waals surface area contributed by atoms with E-state index in [-0.39, 0.29) is 34.8 Å². The molecule has 3 heterocycles. The molecule has 6 rings (SSSR count). The molecule has 2 aromatic heterocycles. The van der Waals surface area contributed by atoms with Crippen molar-refractivity contribution in [3.05, 3.63) is 111 Å². The maximum absolute atomic E-state index is 16.3. The van der Waals surface area contributed by atoms with Gasteiger partial charge >= 0.3 is 0 Å². The SMILES string of the molecule is Cn1cnc(C(=O)c2cc(F)c3c(c2)C(=O)N(Cc2ncc(Cl)cn2)C3(OC2CC(O)C2)c2ccc(Cl)cc2)c1. The van der Waals surface area contributed by atoms with Crippen molar-refractivity contribution in [3.8, 4) is 0 Å². The van der Waals surface area contributed by atoms with Crippen LogP contribution in [0.1, 0.15) is 56.2 Å². The molecular weight excluding hydrogens is 560 g/mol. The van der Waals surface area contributed by atoms with E-state index in [2.05, 4.69) is 15.0 Å². The summed E-state index contributed by atoms with van der Waals surface area (Å²) in [5, 5.41) is 10.7. The highest BCUT2D eigenvalue weighted by atomic mass is 35.5. The van der Waals surface area contributed by atoms with E-state index < -0.39 is 35.4 Å². The van der Waals surface area contributed by atoms with Gasteiger partial charge in [0.15, 0.2) is 0 Å². The van der Waals surface area contributed by atoms with E-state index >= 15 is 4.39 Å². The number of carbonyl (C=O) groups excluding carboxylic acids is 2. The molecule has 40 heavy (non-hydrogen) atoms. The molecule has 12 heteroatoms. The van der Waals surface area contributed by atoms with E-state index in [9.17, 15) is 14.7 Å². The first-order valence-electron chi connectivity index (χ1n) is 12.4. The molecule has 2 aliphatic rings. The molecule has 0 bridgehead atoms. The number of amides is 1. The van der Waals surface area contributed by atoms with Gasteiger partial charge in [0.1, 0.15) is 17.3 Å². The number of ether oxygens (including phenoxy) is 1. The number of nitrogens with zero attached hydrogens (tertiary/aromatic N) is 5. The molecule has 4 aromatic rings. The third-order valence-electron chi connectivity index (χ3n) is 7.10. The number of aliphatic hydroxyl groups excluding tert-OH is 1. The lowest BCUT2D eigenvalue weighted by Gasteiger charge is -2.45. The highest BCUT2D eigenvalue weighted by Crippen LogP contribution is 2.50. The molecule has 0 saturated heterocycles. The first-order valence-corrected chi connectivity index (χ1v) is 13.2. The van der Waals surface area contributed by atoms with Gasteiger partial charge in [-0.25, -0.2) is 19.3 Å². The molecule has 1 aliphatic carbocycles. The Morgan fingerprint density at radius 3 is 2.45 bits per heavy atom. The van der Waals surface area contributed by atoms with Gasteiger partial charge in [-0.3, -0.25) is 14.5 Å². The molecule has 0 spiro atoms. The van der Waals surface area contributed by atoms with Crippen molar-refractivity contribution < 1.29 is 23.8 Å². The van der Waals surface area contributed by atoms with Gasteiger partial charge in [0.2, 0.25) is 11.5 Å². The molecule has 0 radical (unpaired) electrons. The molecule has 9 nitrogen and oxygen atoms in total. The standard InChI is InChI=1S/C28H22Cl2FN5O4/c1-35-12-23(34-14-35)26(38)15-6-21-25(22(31)7-15)28(40-20-8-19(37)9-20,16-2-4-17(29)5-3-16)36(27(21)39)13-24-32-10-18(30)11-33-24/h2-7,10-12,14,19-20,37H,8-9,13H2,1H3. The molecule has 1 fully saturated rings. The number of aliphatic hydroxyl groups is 1. The first kappa shape index (κ1) is 26.5. The normalized spacial score (nSPS) is 21.8. The van der Waals surface area contributed by atoms with Gasteiger partial charge in [0.25, 0.3) is 5.91 Å². The Labute approximate surface area is 238 Å². The van der Waals surface area contributed by atoms with Crippen molar-refractivity contribution in [2.24, 2.45) is 7.05 Å². The molecule has 2 aromatic carbocycles. The van der Waals surface area contributed by atoms with Crippen LogP contribution < -0.4 is 0 Å². The van der Waals surface area contributed by atoms with Crippen molar-refractivity contribution in [1.82, 2.24) is 24.4 Å². The third kappa shape index (κ3) is 4.46. The summed E-state index contributed by atoms with van der Waals surface area (Å²) in [6.07, 6.45) is 5.34. The van der Waals surface area contributed by atoms with Crippen LogP contribution in [0.15, 0.2) is 61.3 Å². The maximum Gasteiger partial charge on any atom is 0.257 e. The van der Waals surface area contributed by atoms with E-state index in [1.807, 2.05) is 0 Å². The van der Waals surface area contributed by atoms with E-state index in [1.165, 1.54) is 35.9 Å². The molecular formula is C28H22Cl2FN5O4. The molecule has 1 aliphatic heterocycles. The lowest BCUT2D eigenvalue weighted by molar-refractivity contribution is -0.191. The van der Waals surface area contributed by atoms with Crippen LogP contribution in [0.2, 0.25) is 10.0 Å². The quantitative estimate of drug-likeness (QED) is 0.324. The van der Waals surface area contributed by atoms with Crippen molar-refractivity contribution in [3.63, 3.8) is 0 Å². The van der Waals surface area contributed by atoms with Gasteiger partial charge < -0.3 is 14.4 Å². The van der Waals surface area contributed by atoms with E-state index in [4.69, 9.17) is 27.9 Å². The zero-order valence-corrected chi connectivity index (χ0v) is 22.6. The number of halogens is 3. The molecule has 1 N–H and O–H groups in total. The Morgan fingerprint density at radius 1 is 1.12 bits per heavy atom. The molecule has 1 atom stereocenters. The number of ketones is 1. The fourth-order valence-electron chi connectivity index (χ4n) is 5.14. The zero-order chi connectivity index (χ0) is 28.2. The summed E-state index contributed by atoms with van der Waals surface area (Å²) in [5.41, 5.74) is -1.33. The molecule has 1 amide bonds. The van der Waals surface area contributed by atoms with Gasteiger partial charge in [-0.15, -0.1) is 0 Å². The summed E-state index contributed by atoms with van der Waals surface area (Å²) in [6.45, 7) is -0.161. The smallest absolute Gasteiger partial charge is 0.257 e. The Kier molecular flexibility index (Phi) is 6.66. The van der Waals surface area contributed by atoms with Crippen LogP contribution in [-0.2, 0) is 24.1 Å². The Balaban J connectivity index is 1.55. The second-order valence-corrected chi connectivity index (χ2v) is 10.7. The van der Waals surface area contributed by atoms with Gasteiger partial charge in [0, 0.05) is 41.8 Å². The average molecular weight is 582 g/mol. The zero-order valence-electron chi connectivity index (χ0n) is 21.1. The number of rotatable bonds is 7. The Bertz CT molecular complexity index is 1620. The van der Waals surface area contributed by atoms with Crippen molar-refractivity contribution >= 4 is 34.9 Å². The molecule has 1 saturated carbocycles. The van der Waals surface area contributed by atoms with Crippen LogP contribution in [0.5, 0.6) is 0 Å². The van der Waals surface area contributed by atoms with E-state index in [1.54, 1.807) is 35.9 Å². The van der Waals surface area contributed by atoms with Crippen LogP contribution in [0.3, 0.4) is 0 Å². The van der Waals surface area contributed by atoms with Crippen LogP contribution in [0.25, 0.3) is 0 Å². The van der Waals surface area contributed by atoms with Crippen LogP contribution in [0, 0.1) is 5.82 Å². The van der Waals surface area contributed by atoms with Crippen LogP contribution in [-0.4, -0.2) is 53.4 Å². The highest BCUT2D eigenvalue weighted by Gasteiger charge is 2.56. The first-order chi connectivity index (χ1) is 19.2. The fraction of sp³-hybridized carbons (Fsp3) is 0.250. The van der Waals surface area contributed by atoms with E-state index in [0.717, 1.165) is 6.07 Å². The largest absolute Gasteiger partial charge is 0.393 e. The molecule has 1 unspecified atom stereocenters. The van der Waals surface area contributed by atoms with Crippen molar-refractivity contribution in [2.75, 3.05) is 0 Å². The van der Waals surface area contributed by atoms with Crippen molar-refractivity contribution in [2.45, 2.75) is 37.3 Å². The monoisotopic (exact) mass is 581 g/mol. The predicted octanol–water partition coefficient (Wildman–Crippen LogP) is 4.28. The predicted molar refractivity (Wildman–Crippen MR) is 142 cm³/mol. The summed E-state index contributed by atoms with van der Waals surface area (Å²) in [4.78, 5) is 41.2. The number of aryl methyl sites for hydroxylation is 1. The van der Waals surface area contributed by atoms with Crippen LogP contribution >= 0.6 is 23.2 Å². The summed E-state index contributed by atoms with van der Waals surface area (Å²) >= 11 is 12.1. The minimum Gasteiger partial charge on any atom is -0.393 e. The van der Waals surface area contributed by atoms with Crippen molar-refractivity contribution in [1.29, 1.82) is 0 Å². The lowest BCUT2D eigenvalue weighted by atomic mass is 9.88. The number of fused-ring (bicyclic) bond motifs is 1. The number of aromatic nitrogens is 4. The third-order valence-corrected chi connectivity index (χ3v) is 7.55. The average Bonchev–Trinajstić information content (AvgIpc) is 3.45. The number of carbonyl (C=O) groups is 2. The summed E-state index contributed by atoms with van der Waals surface area (Å²) in [5.74, 6) is -1.68. The summed E-state index contributed by atoms with van der Waals surface area (Å²) in [7, 11) is 1.71. The van der Waals surface area contributed by atoms with Crippen LogP contribution in [0.4, 0.5) is 4.39 Å². The second kappa shape index (κ2) is 10.0. The number of hydrogen-bond donors (Lipinski definition) is 1. The second-order valence-electron chi connectivity index (χ2n) is 9.86. The lowest BCUT2D eigenvalue weighted by Crippen LogP contribution is -2.51. The summed E-state index contributed by atoms with van der Waals surface area (Å²) in [6, 6.07) is 9.00. The minimum absolute atomic E-state index is 0.0306. The Morgan fingerprint density at radius 2 is 1.82 bits per heavy atom. The highest BCUT2D eigenvalue weighted by molar-refractivity contribution is 6.30. The van der Waals surface area contributed by atoms with E-state index in [0.29, 0.717) is 28.5 Å². The maximum atomic E-state index is 16.3. The van der Waals surface area contributed by atoms with Gasteiger partial charge in [-0.2, -0.15) is 0 Å². The van der Waals surface area contributed by atoms with Gasteiger partial charge in [-0.05, 0) is 37.1 Å². The minimum atomic E-state index is -1.76. The summed E-state index contributed by atoms with van der Waals surface area (Å²) < 4.78 is 24.5. The number of benzene rings is 2. The van der Waals surface area contributed by atoms with Gasteiger partial charge in [-0.1, -0.05) is 35.3 Å². The topological polar surface area (TPSA) is 110 Å². The number of imidazole rings is 1. The Hall–Kier alpha value is -3.70. The molecule has 204 valence electrons. The fourth-order valence-corrected chi connectivity index (χ4v) is 5.36. The number of hydrogen-bond acceptors (Lipinski definition) is 7.